The lowest BCUT2D eigenvalue weighted by molar-refractivity contribution is -0.00957. The molecule has 0 aromatic heterocycles. The molecule has 1 N–H and O–H groups in total. The Balaban J connectivity index is 2.02. The van der Waals surface area contributed by atoms with Crippen molar-refractivity contribution in [3.05, 3.63) is 33.8 Å². The highest BCUT2D eigenvalue weighted by molar-refractivity contribution is 6.42. The Labute approximate surface area is 98.5 Å². The van der Waals surface area contributed by atoms with Crippen LogP contribution >= 0.6 is 23.2 Å². The second kappa shape index (κ2) is 3.36. The molecule has 2 aliphatic rings. The van der Waals surface area contributed by atoms with Crippen LogP contribution in [0.5, 0.6) is 0 Å². The van der Waals surface area contributed by atoms with E-state index in [0.717, 1.165) is 25.1 Å². The summed E-state index contributed by atoms with van der Waals surface area (Å²) in [6.07, 6.45) is 1.03. The summed E-state index contributed by atoms with van der Waals surface area (Å²) in [5.74, 6) is 0. The van der Waals surface area contributed by atoms with Crippen molar-refractivity contribution in [2.24, 2.45) is 0 Å². The molecule has 2 unspecified atom stereocenters. The normalized spacial score (nSPS) is 33.6. The van der Waals surface area contributed by atoms with Crippen molar-refractivity contribution in [1.29, 1.82) is 0 Å². The van der Waals surface area contributed by atoms with Crippen LogP contribution in [0.1, 0.15) is 12.0 Å². The number of nitrogens with one attached hydrogen (secondary N) is 1. The lowest BCUT2D eigenvalue weighted by Crippen LogP contribution is -2.37. The maximum absolute atomic E-state index is 6.02. The summed E-state index contributed by atoms with van der Waals surface area (Å²) in [4.78, 5) is 0. The van der Waals surface area contributed by atoms with Crippen LogP contribution in [-0.4, -0.2) is 19.2 Å². The Morgan fingerprint density at radius 1 is 1.33 bits per heavy atom. The summed E-state index contributed by atoms with van der Waals surface area (Å²) >= 11 is 11.9. The fourth-order valence-corrected chi connectivity index (χ4v) is 2.72. The van der Waals surface area contributed by atoms with E-state index in [1.54, 1.807) is 0 Å². The van der Waals surface area contributed by atoms with E-state index >= 15 is 0 Å². The Morgan fingerprint density at radius 3 is 2.73 bits per heavy atom. The van der Waals surface area contributed by atoms with E-state index in [-0.39, 0.29) is 5.60 Å². The molecule has 4 heteroatoms. The van der Waals surface area contributed by atoms with Crippen molar-refractivity contribution < 1.29 is 4.74 Å². The Hall–Kier alpha value is -0.280. The molecule has 0 aliphatic carbocycles. The van der Waals surface area contributed by atoms with E-state index in [1.165, 1.54) is 0 Å². The average molecular weight is 244 g/mol. The predicted octanol–water partition coefficient (Wildman–Crippen LogP) is 2.58. The Kier molecular flexibility index (Phi) is 2.22. The van der Waals surface area contributed by atoms with Crippen LogP contribution in [0.25, 0.3) is 0 Å². The van der Waals surface area contributed by atoms with Gasteiger partial charge in [0.2, 0.25) is 0 Å². The number of hydrogen-bond acceptors (Lipinski definition) is 2. The van der Waals surface area contributed by atoms with Crippen molar-refractivity contribution in [1.82, 2.24) is 5.32 Å². The molecular formula is C11H11Cl2NO. The summed E-state index contributed by atoms with van der Waals surface area (Å²) in [5, 5.41) is 4.62. The molecule has 15 heavy (non-hydrogen) atoms. The van der Waals surface area contributed by atoms with Crippen molar-refractivity contribution in [2.75, 3.05) is 13.2 Å². The standard InChI is InChI=1S/C11H11Cl2NO/c12-9-2-1-7(3-10(9)13)11-4-8(5-15-11)14-6-11/h1-3,8,14H,4-6H2. The van der Waals surface area contributed by atoms with Crippen LogP contribution in [0.2, 0.25) is 10.0 Å². The molecule has 1 aromatic carbocycles. The lowest BCUT2D eigenvalue weighted by atomic mass is 9.93. The molecule has 3 rings (SSSR count). The zero-order chi connectivity index (χ0) is 10.5. The summed E-state index contributed by atoms with van der Waals surface area (Å²) in [6, 6.07) is 6.26. The number of rotatable bonds is 1. The van der Waals surface area contributed by atoms with Gasteiger partial charge in [-0.2, -0.15) is 0 Å². The highest BCUT2D eigenvalue weighted by Gasteiger charge is 2.47. The fourth-order valence-electron chi connectivity index (χ4n) is 2.42. The van der Waals surface area contributed by atoms with Gasteiger partial charge < -0.3 is 10.1 Å². The number of fused-ring (bicyclic) bond motifs is 2. The number of ether oxygens (including phenoxy) is 1. The minimum absolute atomic E-state index is 0.168. The van der Waals surface area contributed by atoms with Crippen LogP contribution in [0.4, 0.5) is 0 Å². The monoisotopic (exact) mass is 243 g/mol. The maximum Gasteiger partial charge on any atom is 0.107 e. The zero-order valence-corrected chi connectivity index (χ0v) is 9.61. The third kappa shape index (κ3) is 1.48. The minimum Gasteiger partial charge on any atom is -0.367 e. The average Bonchev–Trinajstić information content (AvgIpc) is 2.83. The third-order valence-electron chi connectivity index (χ3n) is 3.26. The lowest BCUT2D eigenvalue weighted by Gasteiger charge is -2.27. The van der Waals surface area contributed by atoms with Gasteiger partial charge in [0.05, 0.1) is 16.7 Å². The highest BCUT2D eigenvalue weighted by atomic mass is 35.5. The summed E-state index contributed by atoms with van der Waals surface area (Å²) < 4.78 is 5.86. The van der Waals surface area contributed by atoms with Gasteiger partial charge >= 0.3 is 0 Å². The molecule has 0 radical (unpaired) electrons. The van der Waals surface area contributed by atoms with Gasteiger partial charge in [-0.25, -0.2) is 0 Å². The molecule has 2 atom stereocenters. The van der Waals surface area contributed by atoms with Gasteiger partial charge in [-0.3, -0.25) is 0 Å². The summed E-state index contributed by atoms with van der Waals surface area (Å²) in [5.41, 5.74) is 0.961. The number of hydrogen-bond donors (Lipinski definition) is 1. The van der Waals surface area contributed by atoms with E-state index in [0.29, 0.717) is 16.1 Å². The molecular weight excluding hydrogens is 233 g/mol. The molecule has 0 saturated carbocycles. The SMILES string of the molecule is Clc1ccc(C23CNC(CO2)C3)cc1Cl. The molecule has 2 saturated heterocycles. The highest BCUT2D eigenvalue weighted by Crippen LogP contribution is 2.41. The first-order chi connectivity index (χ1) is 7.20. The van der Waals surface area contributed by atoms with Gasteiger partial charge in [0.15, 0.2) is 0 Å². The molecule has 2 aliphatic heterocycles. The number of halogens is 2. The van der Waals surface area contributed by atoms with Crippen LogP contribution in [-0.2, 0) is 10.3 Å². The second-order valence-electron chi connectivity index (χ2n) is 4.22. The summed E-state index contributed by atoms with van der Waals surface area (Å²) in [7, 11) is 0. The Morgan fingerprint density at radius 2 is 2.20 bits per heavy atom. The minimum atomic E-state index is -0.168. The fraction of sp³-hybridized carbons (Fsp3) is 0.455. The van der Waals surface area contributed by atoms with Gasteiger partial charge in [-0.15, -0.1) is 0 Å². The van der Waals surface area contributed by atoms with Crippen molar-refractivity contribution in [2.45, 2.75) is 18.1 Å². The quantitative estimate of drug-likeness (QED) is 0.819. The third-order valence-corrected chi connectivity index (χ3v) is 4.00. The van der Waals surface area contributed by atoms with E-state index in [4.69, 9.17) is 27.9 Å². The van der Waals surface area contributed by atoms with Crippen molar-refractivity contribution >= 4 is 23.2 Å². The van der Waals surface area contributed by atoms with Crippen molar-refractivity contribution in [3.8, 4) is 0 Å². The first-order valence-corrected chi connectivity index (χ1v) is 5.78. The zero-order valence-electron chi connectivity index (χ0n) is 8.09. The van der Waals surface area contributed by atoms with Crippen LogP contribution in [0.15, 0.2) is 18.2 Å². The van der Waals surface area contributed by atoms with Gasteiger partial charge in [0.25, 0.3) is 0 Å². The number of morpholine rings is 1. The van der Waals surface area contributed by atoms with E-state index in [2.05, 4.69) is 5.32 Å². The number of benzene rings is 1. The van der Waals surface area contributed by atoms with Gasteiger partial charge in [0, 0.05) is 12.6 Å². The molecule has 80 valence electrons. The van der Waals surface area contributed by atoms with Crippen LogP contribution in [0, 0.1) is 0 Å². The van der Waals surface area contributed by atoms with Gasteiger partial charge in [-0.1, -0.05) is 29.3 Å². The van der Waals surface area contributed by atoms with E-state index < -0.39 is 0 Å². The molecule has 1 aromatic rings. The molecule has 2 nitrogen and oxygen atoms in total. The largest absolute Gasteiger partial charge is 0.367 e. The topological polar surface area (TPSA) is 21.3 Å². The first-order valence-electron chi connectivity index (χ1n) is 5.02. The van der Waals surface area contributed by atoms with Gasteiger partial charge in [0.1, 0.15) is 5.60 Å². The summed E-state index contributed by atoms with van der Waals surface area (Å²) in [6.45, 7) is 1.66. The predicted molar refractivity (Wildman–Crippen MR) is 60.5 cm³/mol. The molecule has 0 amide bonds. The second-order valence-corrected chi connectivity index (χ2v) is 5.03. The molecule has 2 fully saturated rings. The van der Waals surface area contributed by atoms with Crippen LogP contribution < -0.4 is 5.32 Å². The maximum atomic E-state index is 6.02. The molecule has 2 heterocycles. The molecule has 0 spiro atoms. The molecule has 2 bridgehead atoms. The van der Waals surface area contributed by atoms with E-state index in [9.17, 15) is 0 Å². The van der Waals surface area contributed by atoms with Crippen LogP contribution in [0.3, 0.4) is 0 Å². The van der Waals surface area contributed by atoms with Crippen molar-refractivity contribution in [3.63, 3.8) is 0 Å². The Bertz CT molecular complexity index is 400. The van der Waals surface area contributed by atoms with E-state index in [1.807, 2.05) is 18.2 Å². The first kappa shape index (κ1) is 9.91. The van der Waals surface area contributed by atoms with Gasteiger partial charge in [-0.05, 0) is 24.1 Å². The smallest absolute Gasteiger partial charge is 0.107 e.